The Labute approximate surface area is 173 Å². The molecule has 0 aliphatic rings. The minimum Gasteiger partial charge on any atom is -0.266 e. The second kappa shape index (κ2) is 8.85. The highest BCUT2D eigenvalue weighted by atomic mass is 32.2. The van der Waals surface area contributed by atoms with Crippen LogP contribution in [-0.2, 0) is 16.2 Å². The zero-order valence-corrected chi connectivity index (χ0v) is 17.6. The predicted octanol–water partition coefficient (Wildman–Crippen LogP) is 5.60. The van der Waals surface area contributed by atoms with Crippen molar-refractivity contribution in [1.82, 2.24) is 4.98 Å². The van der Waals surface area contributed by atoms with Gasteiger partial charge in [0.15, 0.2) is 0 Å². The van der Waals surface area contributed by atoms with E-state index in [0.29, 0.717) is 12.2 Å². The van der Waals surface area contributed by atoms with Gasteiger partial charge in [0.2, 0.25) is 0 Å². The summed E-state index contributed by atoms with van der Waals surface area (Å²) >= 11 is 4.09. The van der Waals surface area contributed by atoms with Crippen molar-refractivity contribution >= 4 is 50.1 Å². The molecule has 0 aliphatic carbocycles. The van der Waals surface area contributed by atoms with Crippen molar-refractivity contribution in [3.63, 3.8) is 0 Å². The first-order chi connectivity index (χ1) is 13.3. The molecule has 2 heterocycles. The van der Waals surface area contributed by atoms with E-state index >= 15 is 0 Å². The zero-order chi connectivity index (χ0) is 20.2. The Bertz CT molecular complexity index is 971. The summed E-state index contributed by atoms with van der Waals surface area (Å²) < 4.78 is 66.7. The smallest absolute Gasteiger partial charge is 0.266 e. The van der Waals surface area contributed by atoms with Crippen molar-refractivity contribution in [1.29, 1.82) is 0 Å². The lowest BCUT2D eigenvalue weighted by molar-refractivity contribution is -0.137. The number of anilines is 1. The number of thiophene rings is 1. The lowest BCUT2D eigenvalue weighted by atomic mass is 10.2. The summed E-state index contributed by atoms with van der Waals surface area (Å²) in [4.78, 5) is 4.16. The number of hydrogen-bond donors (Lipinski definition) is 0. The molecule has 0 saturated heterocycles. The molecule has 0 fully saturated rings. The number of aromatic nitrogens is 1. The van der Waals surface area contributed by atoms with E-state index in [1.807, 2.05) is 5.38 Å². The van der Waals surface area contributed by atoms with Gasteiger partial charge in [-0.3, -0.25) is 4.31 Å². The number of rotatable bonds is 8. The van der Waals surface area contributed by atoms with Gasteiger partial charge < -0.3 is 0 Å². The Kier molecular flexibility index (Phi) is 6.69. The van der Waals surface area contributed by atoms with E-state index in [9.17, 15) is 21.6 Å². The van der Waals surface area contributed by atoms with E-state index in [2.05, 4.69) is 4.98 Å². The molecule has 4 nitrogen and oxygen atoms in total. The highest BCUT2D eigenvalue weighted by Gasteiger charge is 2.31. The molecule has 28 heavy (non-hydrogen) atoms. The predicted molar refractivity (Wildman–Crippen MR) is 108 cm³/mol. The van der Waals surface area contributed by atoms with Gasteiger partial charge in [-0.1, -0.05) is 17.8 Å². The molecule has 150 valence electrons. The number of halogens is 3. The lowest BCUT2D eigenvalue weighted by Gasteiger charge is -2.24. The van der Waals surface area contributed by atoms with Crippen LogP contribution in [0.1, 0.15) is 12.0 Å². The molecule has 0 bridgehead atoms. The molecule has 0 unspecified atom stereocenters. The molecule has 3 aromatic rings. The number of alkyl halides is 3. The van der Waals surface area contributed by atoms with Crippen molar-refractivity contribution in [3.05, 3.63) is 58.9 Å². The molecule has 2 aromatic heterocycles. The standard InChI is InChI=1S/C17H15F3N2O2S4/c18-17(19,20)13-4-6-14(7-5-13)22(28(23,24)15-3-1-10-25-15)9-2-11-26-16-21-8-12-27-16/h1,3-8,10,12H,2,9,11H2. The average Bonchev–Trinajstić information content (AvgIpc) is 3.35. The second-order valence-electron chi connectivity index (χ2n) is 5.55. The molecule has 0 saturated carbocycles. The Hall–Kier alpha value is -1.56. The molecule has 0 atom stereocenters. The van der Waals surface area contributed by atoms with E-state index in [-0.39, 0.29) is 16.4 Å². The first-order valence-corrected chi connectivity index (χ1v) is 12.2. The Balaban J connectivity index is 1.80. The van der Waals surface area contributed by atoms with E-state index in [4.69, 9.17) is 0 Å². The van der Waals surface area contributed by atoms with Crippen LogP contribution in [0.2, 0.25) is 0 Å². The van der Waals surface area contributed by atoms with Gasteiger partial charge in [-0.25, -0.2) is 13.4 Å². The SMILES string of the molecule is O=S(=O)(c1cccs1)N(CCCSc1nccs1)c1ccc(C(F)(F)F)cc1. The third kappa shape index (κ3) is 5.07. The first-order valence-electron chi connectivity index (χ1n) is 8.04. The summed E-state index contributed by atoms with van der Waals surface area (Å²) in [6, 6.07) is 7.30. The van der Waals surface area contributed by atoms with Gasteiger partial charge in [-0.05, 0) is 42.1 Å². The number of sulfonamides is 1. The third-order valence-electron chi connectivity index (χ3n) is 3.66. The molecule has 3 rings (SSSR count). The van der Waals surface area contributed by atoms with Crippen LogP contribution in [0.15, 0.2) is 61.9 Å². The molecule has 0 aliphatic heterocycles. The third-order valence-corrected chi connectivity index (χ3v) is 8.92. The summed E-state index contributed by atoms with van der Waals surface area (Å²) in [5.41, 5.74) is -0.607. The van der Waals surface area contributed by atoms with Crippen molar-refractivity contribution in [2.24, 2.45) is 0 Å². The number of hydrogen-bond acceptors (Lipinski definition) is 6. The van der Waals surface area contributed by atoms with Crippen molar-refractivity contribution in [3.8, 4) is 0 Å². The Morgan fingerprint density at radius 3 is 2.39 bits per heavy atom. The molecule has 0 amide bonds. The van der Waals surface area contributed by atoms with Gasteiger partial charge in [0.25, 0.3) is 10.0 Å². The van der Waals surface area contributed by atoms with Gasteiger partial charge >= 0.3 is 6.18 Å². The second-order valence-corrected chi connectivity index (χ2v) is 10.8. The molecular weight excluding hydrogens is 449 g/mol. The minimum absolute atomic E-state index is 0.153. The minimum atomic E-state index is -4.47. The highest BCUT2D eigenvalue weighted by molar-refractivity contribution is 8.01. The summed E-state index contributed by atoms with van der Waals surface area (Å²) in [5.74, 6) is 0.643. The zero-order valence-electron chi connectivity index (χ0n) is 14.3. The van der Waals surface area contributed by atoms with Crippen LogP contribution in [0.25, 0.3) is 0 Å². The monoisotopic (exact) mass is 464 g/mol. The number of thioether (sulfide) groups is 1. The normalized spacial score (nSPS) is 12.2. The van der Waals surface area contributed by atoms with Gasteiger partial charge in [-0.15, -0.1) is 22.7 Å². The van der Waals surface area contributed by atoms with Crippen LogP contribution >= 0.6 is 34.4 Å². The maximum absolute atomic E-state index is 13.0. The molecule has 0 N–H and O–H groups in total. The number of nitrogens with zero attached hydrogens (tertiary/aromatic N) is 2. The van der Waals surface area contributed by atoms with Gasteiger partial charge in [0.05, 0.1) is 11.3 Å². The fourth-order valence-corrected chi connectivity index (χ4v) is 6.61. The summed E-state index contributed by atoms with van der Waals surface area (Å²) in [5, 5.41) is 3.51. The van der Waals surface area contributed by atoms with Crippen molar-refractivity contribution in [2.75, 3.05) is 16.6 Å². The van der Waals surface area contributed by atoms with Crippen LogP contribution < -0.4 is 4.31 Å². The Morgan fingerprint density at radius 2 is 1.82 bits per heavy atom. The van der Waals surface area contributed by atoms with Gasteiger partial charge in [-0.2, -0.15) is 13.2 Å². The van der Waals surface area contributed by atoms with Crippen LogP contribution in [0, 0.1) is 0 Å². The number of benzene rings is 1. The van der Waals surface area contributed by atoms with Gasteiger partial charge in [0.1, 0.15) is 8.55 Å². The summed E-state index contributed by atoms with van der Waals surface area (Å²) in [7, 11) is -3.85. The maximum atomic E-state index is 13.0. The Morgan fingerprint density at radius 1 is 1.07 bits per heavy atom. The van der Waals surface area contributed by atoms with Crippen molar-refractivity contribution in [2.45, 2.75) is 21.1 Å². The fourth-order valence-electron chi connectivity index (χ4n) is 2.37. The number of thiazole rings is 1. The first kappa shape index (κ1) is 21.2. The average molecular weight is 465 g/mol. The highest BCUT2D eigenvalue weighted by Crippen LogP contribution is 2.33. The summed E-state index contributed by atoms with van der Waals surface area (Å²) in [6.07, 6.45) is -2.25. The largest absolute Gasteiger partial charge is 0.416 e. The van der Waals surface area contributed by atoms with Crippen LogP contribution in [0.3, 0.4) is 0 Å². The van der Waals surface area contributed by atoms with Crippen LogP contribution in [0.4, 0.5) is 18.9 Å². The molecule has 0 spiro atoms. The summed E-state index contributed by atoms with van der Waals surface area (Å²) in [6.45, 7) is 0.157. The van der Waals surface area contributed by atoms with Crippen LogP contribution in [0.5, 0.6) is 0 Å². The molecule has 0 radical (unpaired) electrons. The lowest BCUT2D eigenvalue weighted by Crippen LogP contribution is -2.32. The quantitative estimate of drug-likeness (QED) is 0.322. The van der Waals surface area contributed by atoms with Crippen molar-refractivity contribution < 1.29 is 21.6 Å². The fraction of sp³-hybridized carbons (Fsp3) is 0.235. The molecule has 11 heteroatoms. The van der Waals surface area contributed by atoms with Gasteiger partial charge in [0, 0.05) is 23.9 Å². The van der Waals surface area contributed by atoms with Crippen LogP contribution in [-0.4, -0.2) is 25.7 Å². The van der Waals surface area contributed by atoms with E-state index in [1.54, 1.807) is 17.6 Å². The maximum Gasteiger partial charge on any atom is 0.416 e. The topological polar surface area (TPSA) is 50.3 Å². The van der Waals surface area contributed by atoms with E-state index < -0.39 is 21.8 Å². The molecule has 1 aromatic carbocycles. The van der Waals surface area contributed by atoms with E-state index in [0.717, 1.165) is 27.8 Å². The van der Waals surface area contributed by atoms with E-state index in [1.165, 1.54) is 45.6 Å². The molecular formula is C17H15F3N2O2S4.